The monoisotopic (exact) mass is 396 g/mol. The van der Waals surface area contributed by atoms with Gasteiger partial charge in [-0.15, -0.1) is 0 Å². The summed E-state index contributed by atoms with van der Waals surface area (Å²) in [4.78, 5) is 24.0. The summed E-state index contributed by atoms with van der Waals surface area (Å²) in [5.74, 6) is -1.70. The van der Waals surface area contributed by atoms with Crippen LogP contribution in [0, 0.1) is 0 Å². The zero-order chi connectivity index (χ0) is 20.7. The number of benzene rings is 2. The minimum absolute atomic E-state index is 0.0587. The normalized spacial score (nSPS) is 12.2. The van der Waals surface area contributed by atoms with Gasteiger partial charge in [-0.2, -0.15) is 13.2 Å². The molecular formula is C19H19F3N2O4. The molecule has 0 saturated carbocycles. The fourth-order valence-corrected chi connectivity index (χ4v) is 2.46. The standard InChI is InChI=1S/C19H19F3N2O4/c1-27-13-7-5-6-12(10-13)16(28-2)11-23-17(25)18(26)24-15-9-4-3-8-14(15)19(20,21)22/h3-10,16H,11H2,1-2H3,(H,23,25)(H,24,26)/t16-/m0/s1. The van der Waals surface area contributed by atoms with Crippen LogP contribution in [0.15, 0.2) is 48.5 Å². The molecule has 28 heavy (non-hydrogen) atoms. The second-order valence-electron chi connectivity index (χ2n) is 5.71. The minimum atomic E-state index is -4.66. The lowest BCUT2D eigenvalue weighted by atomic mass is 10.1. The van der Waals surface area contributed by atoms with Crippen molar-refractivity contribution in [1.82, 2.24) is 5.32 Å². The lowest BCUT2D eigenvalue weighted by Crippen LogP contribution is -2.38. The molecule has 2 amide bonds. The van der Waals surface area contributed by atoms with Gasteiger partial charge < -0.3 is 20.1 Å². The Morgan fingerprint density at radius 2 is 1.75 bits per heavy atom. The number of rotatable bonds is 6. The molecule has 0 aliphatic rings. The van der Waals surface area contributed by atoms with Crippen LogP contribution < -0.4 is 15.4 Å². The number of alkyl halides is 3. The number of methoxy groups -OCH3 is 2. The fourth-order valence-electron chi connectivity index (χ4n) is 2.46. The van der Waals surface area contributed by atoms with Crippen LogP contribution in [0.4, 0.5) is 18.9 Å². The highest BCUT2D eigenvalue weighted by Crippen LogP contribution is 2.34. The third kappa shape index (κ3) is 5.46. The van der Waals surface area contributed by atoms with Gasteiger partial charge in [0.05, 0.1) is 24.5 Å². The number of ether oxygens (including phenoxy) is 2. The van der Waals surface area contributed by atoms with Gasteiger partial charge in [-0.1, -0.05) is 24.3 Å². The summed E-state index contributed by atoms with van der Waals surface area (Å²) in [5.41, 5.74) is -0.835. The Morgan fingerprint density at radius 3 is 2.39 bits per heavy atom. The maximum Gasteiger partial charge on any atom is 0.418 e. The van der Waals surface area contributed by atoms with Gasteiger partial charge >= 0.3 is 18.0 Å². The predicted octanol–water partition coefficient (Wildman–Crippen LogP) is 3.16. The molecule has 1 atom stereocenters. The van der Waals surface area contributed by atoms with Crippen molar-refractivity contribution in [2.45, 2.75) is 12.3 Å². The molecule has 0 aliphatic heterocycles. The van der Waals surface area contributed by atoms with Gasteiger partial charge in [0.1, 0.15) is 5.75 Å². The van der Waals surface area contributed by atoms with Gasteiger partial charge in [0, 0.05) is 13.7 Å². The van der Waals surface area contributed by atoms with E-state index in [1.54, 1.807) is 24.3 Å². The van der Waals surface area contributed by atoms with Crippen molar-refractivity contribution in [2.75, 3.05) is 26.1 Å². The topological polar surface area (TPSA) is 76.7 Å². The number of hydrogen-bond donors (Lipinski definition) is 2. The van der Waals surface area contributed by atoms with E-state index in [4.69, 9.17) is 9.47 Å². The van der Waals surface area contributed by atoms with E-state index < -0.39 is 35.3 Å². The predicted molar refractivity (Wildman–Crippen MR) is 95.8 cm³/mol. The molecule has 0 radical (unpaired) electrons. The molecule has 6 nitrogen and oxygen atoms in total. The van der Waals surface area contributed by atoms with E-state index in [1.807, 2.05) is 5.32 Å². The molecule has 0 heterocycles. The number of amides is 2. The first-order valence-corrected chi connectivity index (χ1v) is 8.18. The number of hydrogen-bond acceptors (Lipinski definition) is 4. The summed E-state index contributed by atoms with van der Waals surface area (Å²) < 4.78 is 49.3. The van der Waals surface area contributed by atoms with Crippen molar-refractivity contribution in [3.63, 3.8) is 0 Å². The average molecular weight is 396 g/mol. The van der Waals surface area contributed by atoms with Gasteiger partial charge in [-0.3, -0.25) is 9.59 Å². The molecule has 0 aliphatic carbocycles. The zero-order valence-corrected chi connectivity index (χ0v) is 15.2. The van der Waals surface area contributed by atoms with Crippen molar-refractivity contribution in [2.24, 2.45) is 0 Å². The van der Waals surface area contributed by atoms with Crippen LogP contribution in [0.1, 0.15) is 17.2 Å². The maximum absolute atomic E-state index is 13.0. The Morgan fingerprint density at radius 1 is 1.04 bits per heavy atom. The second-order valence-corrected chi connectivity index (χ2v) is 5.71. The van der Waals surface area contributed by atoms with Crippen LogP contribution >= 0.6 is 0 Å². The van der Waals surface area contributed by atoms with Crippen molar-refractivity contribution >= 4 is 17.5 Å². The first kappa shape index (κ1) is 21.2. The average Bonchev–Trinajstić information content (AvgIpc) is 2.68. The molecule has 2 N–H and O–H groups in total. The van der Waals surface area contributed by atoms with Gasteiger partial charge in [0.2, 0.25) is 0 Å². The largest absolute Gasteiger partial charge is 0.497 e. The Kier molecular flexibility index (Phi) is 7.00. The highest BCUT2D eigenvalue weighted by atomic mass is 19.4. The SMILES string of the molecule is COc1cccc([C@H](CNC(=O)C(=O)Nc2ccccc2C(F)(F)F)OC)c1. The molecule has 9 heteroatoms. The van der Waals surface area contributed by atoms with Gasteiger partial charge in [-0.25, -0.2) is 0 Å². The summed E-state index contributed by atoms with van der Waals surface area (Å²) in [7, 11) is 2.93. The van der Waals surface area contributed by atoms with E-state index in [2.05, 4.69) is 5.32 Å². The number of nitrogens with one attached hydrogen (secondary N) is 2. The number of para-hydroxylation sites is 1. The second kappa shape index (κ2) is 9.23. The molecule has 0 unspecified atom stereocenters. The van der Waals surface area contributed by atoms with E-state index in [9.17, 15) is 22.8 Å². The van der Waals surface area contributed by atoms with Crippen molar-refractivity contribution in [3.8, 4) is 5.75 Å². The summed E-state index contributed by atoms with van der Waals surface area (Å²) in [5, 5.41) is 4.33. The summed E-state index contributed by atoms with van der Waals surface area (Å²) >= 11 is 0. The zero-order valence-electron chi connectivity index (χ0n) is 15.2. The Labute approximate surface area is 159 Å². The number of halogens is 3. The fraction of sp³-hybridized carbons (Fsp3) is 0.263. The van der Waals surface area contributed by atoms with Crippen molar-refractivity contribution in [3.05, 3.63) is 59.7 Å². The van der Waals surface area contributed by atoms with E-state index in [1.165, 1.54) is 26.4 Å². The molecule has 0 fully saturated rings. The molecular weight excluding hydrogens is 377 g/mol. The quantitative estimate of drug-likeness (QED) is 0.736. The first-order valence-electron chi connectivity index (χ1n) is 8.18. The highest BCUT2D eigenvalue weighted by Gasteiger charge is 2.34. The maximum atomic E-state index is 13.0. The Hall–Kier alpha value is -3.07. The summed E-state index contributed by atoms with van der Waals surface area (Å²) in [6.07, 6.45) is -5.23. The van der Waals surface area contributed by atoms with E-state index in [-0.39, 0.29) is 6.54 Å². The molecule has 2 rings (SSSR count). The third-order valence-electron chi connectivity index (χ3n) is 3.89. The van der Waals surface area contributed by atoms with Gasteiger partial charge in [0.15, 0.2) is 0 Å². The van der Waals surface area contributed by atoms with Crippen LogP contribution in [0.3, 0.4) is 0 Å². The van der Waals surface area contributed by atoms with Crippen molar-refractivity contribution in [1.29, 1.82) is 0 Å². The molecule has 2 aromatic rings. The third-order valence-corrected chi connectivity index (χ3v) is 3.89. The molecule has 150 valence electrons. The Bertz CT molecular complexity index is 840. The molecule has 0 bridgehead atoms. The van der Waals surface area contributed by atoms with Gasteiger partial charge in [0.25, 0.3) is 0 Å². The molecule has 2 aromatic carbocycles. The van der Waals surface area contributed by atoms with Crippen molar-refractivity contribution < 1.29 is 32.2 Å². The van der Waals surface area contributed by atoms with E-state index in [0.29, 0.717) is 11.3 Å². The highest BCUT2D eigenvalue weighted by molar-refractivity contribution is 6.39. The summed E-state index contributed by atoms with van der Waals surface area (Å²) in [6, 6.07) is 11.3. The molecule has 0 aromatic heterocycles. The lowest BCUT2D eigenvalue weighted by molar-refractivity contribution is -0.138. The molecule has 0 saturated heterocycles. The van der Waals surface area contributed by atoms with Crippen LogP contribution in [-0.2, 0) is 20.5 Å². The van der Waals surface area contributed by atoms with Crippen LogP contribution in [0.5, 0.6) is 5.75 Å². The number of carbonyl (C=O) groups excluding carboxylic acids is 2. The lowest BCUT2D eigenvalue weighted by Gasteiger charge is -2.17. The van der Waals surface area contributed by atoms with Gasteiger partial charge in [-0.05, 0) is 29.8 Å². The van der Waals surface area contributed by atoms with E-state index >= 15 is 0 Å². The summed E-state index contributed by atoms with van der Waals surface area (Å²) in [6.45, 7) is -0.0587. The van der Waals surface area contributed by atoms with Crippen LogP contribution in [0.2, 0.25) is 0 Å². The number of anilines is 1. The minimum Gasteiger partial charge on any atom is -0.497 e. The van der Waals surface area contributed by atoms with Crippen LogP contribution in [0.25, 0.3) is 0 Å². The number of carbonyl (C=O) groups is 2. The van der Waals surface area contributed by atoms with E-state index in [0.717, 1.165) is 12.1 Å². The first-order chi connectivity index (χ1) is 13.3. The Balaban J connectivity index is 2.02. The van der Waals surface area contributed by atoms with Crippen LogP contribution in [-0.4, -0.2) is 32.6 Å². The smallest absolute Gasteiger partial charge is 0.418 e. The molecule has 0 spiro atoms.